The quantitative estimate of drug-likeness (QED) is 0.750. The van der Waals surface area contributed by atoms with Crippen LogP contribution in [0.3, 0.4) is 0 Å². The van der Waals surface area contributed by atoms with Crippen LogP contribution < -0.4 is 4.74 Å². The number of benzene rings is 1. The van der Waals surface area contributed by atoms with Crippen molar-refractivity contribution in [1.82, 2.24) is 0 Å². The van der Waals surface area contributed by atoms with Gasteiger partial charge in [-0.15, -0.1) is 0 Å². The highest BCUT2D eigenvalue weighted by Crippen LogP contribution is 2.20. The fourth-order valence-electron chi connectivity index (χ4n) is 1.11. The molecule has 0 aliphatic rings. The lowest BCUT2D eigenvalue weighted by atomic mass is 10.2. The Morgan fingerprint density at radius 3 is 2.20 bits per heavy atom. The highest BCUT2D eigenvalue weighted by atomic mass is 19.4. The summed E-state index contributed by atoms with van der Waals surface area (Å²) >= 11 is 0. The molecule has 0 radical (unpaired) electrons. The van der Waals surface area contributed by atoms with Gasteiger partial charge in [0.05, 0.1) is 13.0 Å². The predicted molar refractivity (Wildman–Crippen MR) is 52.0 cm³/mol. The van der Waals surface area contributed by atoms with Crippen LogP contribution in [0, 0.1) is 0 Å². The van der Waals surface area contributed by atoms with Crippen LogP contribution in [0.1, 0.15) is 18.9 Å². The summed E-state index contributed by atoms with van der Waals surface area (Å²) in [6.07, 6.45) is -4.16. The van der Waals surface area contributed by atoms with Gasteiger partial charge in [-0.1, -0.05) is 19.1 Å². The molecule has 0 aliphatic carbocycles. The van der Waals surface area contributed by atoms with Crippen molar-refractivity contribution >= 4 is 0 Å². The molecule has 0 aliphatic heterocycles. The maximum Gasteiger partial charge on any atom is 0.392 e. The van der Waals surface area contributed by atoms with Crippen molar-refractivity contribution in [3.8, 4) is 5.75 Å². The molecule has 15 heavy (non-hydrogen) atoms. The van der Waals surface area contributed by atoms with Gasteiger partial charge in [-0.3, -0.25) is 0 Å². The fraction of sp³-hybridized carbons (Fsp3) is 0.455. The molecule has 0 saturated heterocycles. The van der Waals surface area contributed by atoms with Crippen molar-refractivity contribution in [3.05, 3.63) is 29.8 Å². The van der Waals surface area contributed by atoms with Crippen LogP contribution in [0.2, 0.25) is 0 Å². The van der Waals surface area contributed by atoms with E-state index in [0.717, 1.165) is 12.0 Å². The Bertz CT molecular complexity index is 290. The first-order valence-corrected chi connectivity index (χ1v) is 4.80. The Morgan fingerprint density at radius 1 is 1.13 bits per heavy atom. The maximum absolute atomic E-state index is 11.8. The SMILES string of the molecule is CCc1ccc(OCCC(F)(F)F)cc1. The lowest BCUT2D eigenvalue weighted by Crippen LogP contribution is -2.12. The molecule has 4 heteroatoms. The third-order valence-corrected chi connectivity index (χ3v) is 1.99. The van der Waals surface area contributed by atoms with Gasteiger partial charge in [-0.25, -0.2) is 0 Å². The molecule has 0 bridgehead atoms. The summed E-state index contributed by atoms with van der Waals surface area (Å²) in [5.41, 5.74) is 1.14. The normalized spacial score (nSPS) is 11.5. The summed E-state index contributed by atoms with van der Waals surface area (Å²) in [4.78, 5) is 0. The monoisotopic (exact) mass is 218 g/mol. The minimum absolute atomic E-state index is 0.324. The minimum atomic E-state index is -4.15. The fourth-order valence-corrected chi connectivity index (χ4v) is 1.11. The first kappa shape index (κ1) is 11.9. The Labute approximate surface area is 86.9 Å². The number of hydrogen-bond acceptors (Lipinski definition) is 1. The lowest BCUT2D eigenvalue weighted by Gasteiger charge is -2.08. The van der Waals surface area contributed by atoms with Crippen LogP contribution >= 0.6 is 0 Å². The Kier molecular flexibility index (Phi) is 4.00. The predicted octanol–water partition coefficient (Wildman–Crippen LogP) is 3.58. The van der Waals surface area contributed by atoms with Crippen LogP contribution in [0.4, 0.5) is 13.2 Å². The number of halogens is 3. The molecule has 0 saturated carbocycles. The molecule has 0 unspecified atom stereocenters. The second-order valence-electron chi connectivity index (χ2n) is 3.21. The van der Waals surface area contributed by atoms with Gasteiger partial charge in [0.25, 0.3) is 0 Å². The van der Waals surface area contributed by atoms with E-state index in [1.165, 1.54) is 0 Å². The molecule has 1 aromatic rings. The molecular formula is C11H13F3O. The molecule has 1 nitrogen and oxygen atoms in total. The molecule has 84 valence electrons. The van der Waals surface area contributed by atoms with Crippen LogP contribution in [0.5, 0.6) is 5.75 Å². The number of aryl methyl sites for hydroxylation is 1. The summed E-state index contributed by atoms with van der Waals surface area (Å²) in [5.74, 6) is 0.483. The molecule has 0 aromatic heterocycles. The van der Waals surface area contributed by atoms with E-state index in [-0.39, 0.29) is 6.61 Å². The summed E-state index contributed by atoms with van der Waals surface area (Å²) in [5, 5.41) is 0. The van der Waals surface area contributed by atoms with Crippen molar-refractivity contribution in [1.29, 1.82) is 0 Å². The summed E-state index contributed by atoms with van der Waals surface area (Å²) < 4.78 is 40.4. The van der Waals surface area contributed by atoms with Gasteiger partial charge in [-0.2, -0.15) is 13.2 Å². The molecule has 0 spiro atoms. The van der Waals surface area contributed by atoms with E-state index in [1.54, 1.807) is 12.1 Å². The highest BCUT2D eigenvalue weighted by Gasteiger charge is 2.26. The Morgan fingerprint density at radius 2 is 1.73 bits per heavy atom. The third-order valence-electron chi connectivity index (χ3n) is 1.99. The summed E-state index contributed by atoms with van der Waals surface area (Å²) in [7, 11) is 0. The van der Waals surface area contributed by atoms with E-state index in [4.69, 9.17) is 4.74 Å². The molecule has 0 fully saturated rings. The second kappa shape index (κ2) is 5.05. The molecule has 1 rings (SSSR count). The zero-order valence-corrected chi connectivity index (χ0v) is 8.47. The van der Waals surface area contributed by atoms with E-state index < -0.39 is 12.6 Å². The van der Waals surface area contributed by atoms with E-state index in [0.29, 0.717) is 5.75 Å². The van der Waals surface area contributed by atoms with E-state index in [2.05, 4.69) is 0 Å². The van der Waals surface area contributed by atoms with Crippen molar-refractivity contribution in [2.24, 2.45) is 0 Å². The van der Waals surface area contributed by atoms with Gasteiger partial charge in [-0.05, 0) is 24.1 Å². The number of ether oxygens (including phenoxy) is 1. The van der Waals surface area contributed by atoms with Gasteiger partial charge in [0.1, 0.15) is 5.75 Å². The first-order valence-electron chi connectivity index (χ1n) is 4.80. The molecule has 0 amide bonds. The smallest absolute Gasteiger partial charge is 0.392 e. The number of rotatable bonds is 4. The summed E-state index contributed by atoms with van der Waals surface area (Å²) in [6.45, 7) is 1.69. The van der Waals surface area contributed by atoms with E-state index in [9.17, 15) is 13.2 Å². The standard InChI is InChI=1S/C11H13F3O/c1-2-9-3-5-10(6-4-9)15-8-7-11(12,13)14/h3-6H,2,7-8H2,1H3. The van der Waals surface area contributed by atoms with Crippen molar-refractivity contribution in [2.75, 3.05) is 6.61 Å². The molecule has 0 atom stereocenters. The van der Waals surface area contributed by atoms with Gasteiger partial charge in [0.2, 0.25) is 0 Å². The number of alkyl halides is 3. The topological polar surface area (TPSA) is 9.23 Å². The van der Waals surface area contributed by atoms with Gasteiger partial charge < -0.3 is 4.74 Å². The second-order valence-corrected chi connectivity index (χ2v) is 3.21. The van der Waals surface area contributed by atoms with Crippen molar-refractivity contribution in [3.63, 3.8) is 0 Å². The Balaban J connectivity index is 2.38. The van der Waals surface area contributed by atoms with E-state index >= 15 is 0 Å². The number of hydrogen-bond donors (Lipinski definition) is 0. The zero-order valence-electron chi connectivity index (χ0n) is 8.47. The summed E-state index contributed by atoms with van der Waals surface area (Å²) in [6, 6.07) is 7.08. The average Bonchev–Trinajstić information content (AvgIpc) is 2.17. The van der Waals surface area contributed by atoms with E-state index in [1.807, 2.05) is 19.1 Å². The van der Waals surface area contributed by atoms with Crippen LogP contribution in [0.25, 0.3) is 0 Å². The highest BCUT2D eigenvalue weighted by molar-refractivity contribution is 5.27. The largest absolute Gasteiger partial charge is 0.493 e. The van der Waals surface area contributed by atoms with Crippen molar-refractivity contribution < 1.29 is 17.9 Å². The van der Waals surface area contributed by atoms with Crippen LogP contribution in [-0.4, -0.2) is 12.8 Å². The lowest BCUT2D eigenvalue weighted by molar-refractivity contribution is -0.139. The van der Waals surface area contributed by atoms with Gasteiger partial charge >= 0.3 is 6.18 Å². The van der Waals surface area contributed by atoms with Gasteiger partial charge in [0.15, 0.2) is 0 Å². The molecule has 1 aromatic carbocycles. The Hall–Kier alpha value is -1.19. The molecular weight excluding hydrogens is 205 g/mol. The maximum atomic E-state index is 11.8. The van der Waals surface area contributed by atoms with Crippen molar-refractivity contribution in [2.45, 2.75) is 25.9 Å². The van der Waals surface area contributed by atoms with Crippen LogP contribution in [0.15, 0.2) is 24.3 Å². The zero-order chi connectivity index (χ0) is 11.3. The van der Waals surface area contributed by atoms with Crippen LogP contribution in [-0.2, 0) is 6.42 Å². The minimum Gasteiger partial charge on any atom is -0.493 e. The first-order chi connectivity index (χ1) is 7.01. The molecule has 0 N–H and O–H groups in total. The average molecular weight is 218 g/mol. The molecule has 0 heterocycles. The third kappa shape index (κ3) is 4.72. The van der Waals surface area contributed by atoms with Gasteiger partial charge in [0, 0.05) is 0 Å².